The van der Waals surface area contributed by atoms with Crippen LogP contribution in [0.25, 0.3) is 0 Å². The molecule has 98 valence electrons. The summed E-state index contributed by atoms with van der Waals surface area (Å²) in [6.45, 7) is 3.31. The van der Waals surface area contributed by atoms with Gasteiger partial charge < -0.3 is 10.4 Å². The van der Waals surface area contributed by atoms with Gasteiger partial charge in [-0.3, -0.25) is 10.1 Å². The van der Waals surface area contributed by atoms with Gasteiger partial charge in [-0.25, -0.2) is 4.79 Å². The largest absolute Gasteiger partial charge is 0.480 e. The maximum Gasteiger partial charge on any atom is 0.329 e. The third-order valence-electron chi connectivity index (χ3n) is 2.75. The molecule has 2 N–H and O–H groups in total. The Morgan fingerprint density at radius 1 is 1.61 bits per heavy atom. The Balaban J connectivity index is 3.05. The summed E-state index contributed by atoms with van der Waals surface area (Å²) in [6, 6.07) is 4.14. The molecule has 0 bridgehead atoms. The lowest BCUT2D eigenvalue weighted by Crippen LogP contribution is -2.42. The van der Waals surface area contributed by atoms with E-state index in [4.69, 9.17) is 5.11 Å². The smallest absolute Gasteiger partial charge is 0.329 e. The second-order valence-electron chi connectivity index (χ2n) is 4.04. The number of rotatable bonds is 5. The Morgan fingerprint density at radius 3 is 2.61 bits per heavy atom. The number of halogens is 1. The molecule has 1 atom stereocenters. The molecule has 0 amide bonds. The van der Waals surface area contributed by atoms with E-state index >= 15 is 0 Å². The van der Waals surface area contributed by atoms with Crippen molar-refractivity contribution in [3.8, 4) is 0 Å². The Bertz CT molecular complexity index is 492. The van der Waals surface area contributed by atoms with E-state index in [1.165, 1.54) is 18.2 Å². The van der Waals surface area contributed by atoms with Crippen molar-refractivity contribution in [2.45, 2.75) is 25.8 Å². The average Bonchev–Trinajstić information content (AvgIpc) is 2.31. The van der Waals surface area contributed by atoms with E-state index in [-0.39, 0.29) is 5.69 Å². The maximum atomic E-state index is 11.2. The van der Waals surface area contributed by atoms with E-state index in [1.54, 1.807) is 13.8 Å². The summed E-state index contributed by atoms with van der Waals surface area (Å²) in [4.78, 5) is 21.2. The number of nitro groups is 1. The number of carbonyl (C=O) groups is 1. The molecular weight excluding hydrogens is 304 g/mol. The molecule has 1 rings (SSSR count). The van der Waals surface area contributed by atoms with Gasteiger partial charge in [0.15, 0.2) is 0 Å². The molecule has 18 heavy (non-hydrogen) atoms. The van der Waals surface area contributed by atoms with E-state index in [2.05, 4.69) is 21.2 Å². The summed E-state index contributed by atoms with van der Waals surface area (Å²) in [5.74, 6) is -0.977. The monoisotopic (exact) mass is 316 g/mol. The van der Waals surface area contributed by atoms with Gasteiger partial charge in [0.25, 0.3) is 5.69 Å². The molecule has 1 aromatic carbocycles. The first kappa shape index (κ1) is 14.4. The average molecular weight is 317 g/mol. The Labute approximate surface area is 112 Å². The molecule has 0 radical (unpaired) electrons. The number of nitro benzene ring substituents is 1. The van der Waals surface area contributed by atoms with Gasteiger partial charge in [0.1, 0.15) is 5.54 Å². The molecule has 0 fully saturated rings. The number of nitrogens with one attached hydrogen (secondary N) is 1. The summed E-state index contributed by atoms with van der Waals surface area (Å²) in [7, 11) is 0. The van der Waals surface area contributed by atoms with E-state index in [0.29, 0.717) is 16.6 Å². The highest BCUT2D eigenvalue weighted by molar-refractivity contribution is 9.10. The standard InChI is InChI=1S/C11H13BrN2O4/c1-3-11(2,10(15)16)13-9-5-4-7(14(17)18)6-8(9)12/h4-6,13H,3H2,1-2H3,(H,15,16). The van der Waals surface area contributed by atoms with Crippen LogP contribution in [0.2, 0.25) is 0 Å². The second-order valence-corrected chi connectivity index (χ2v) is 4.89. The van der Waals surface area contributed by atoms with Crippen LogP contribution in [-0.2, 0) is 4.79 Å². The van der Waals surface area contributed by atoms with Gasteiger partial charge in [0.2, 0.25) is 0 Å². The number of carboxylic acids is 1. The molecule has 0 saturated heterocycles. The summed E-state index contributed by atoms with van der Waals surface area (Å²) in [6.07, 6.45) is 0.381. The molecule has 0 aliphatic rings. The zero-order valence-electron chi connectivity index (χ0n) is 9.94. The van der Waals surface area contributed by atoms with Crippen LogP contribution in [0.5, 0.6) is 0 Å². The van der Waals surface area contributed by atoms with E-state index in [1.807, 2.05) is 0 Å². The van der Waals surface area contributed by atoms with Crippen LogP contribution in [-0.4, -0.2) is 21.5 Å². The number of anilines is 1. The number of nitrogens with zero attached hydrogens (tertiary/aromatic N) is 1. The molecule has 0 aliphatic carbocycles. The van der Waals surface area contributed by atoms with Gasteiger partial charge in [-0.15, -0.1) is 0 Å². The summed E-state index contributed by atoms with van der Waals surface area (Å²) in [5.41, 5.74) is -0.660. The van der Waals surface area contributed by atoms with E-state index in [9.17, 15) is 14.9 Å². The van der Waals surface area contributed by atoms with Crippen molar-refractivity contribution < 1.29 is 14.8 Å². The second kappa shape index (κ2) is 5.34. The Hall–Kier alpha value is -1.63. The van der Waals surface area contributed by atoms with Crippen LogP contribution < -0.4 is 5.32 Å². The summed E-state index contributed by atoms with van der Waals surface area (Å²) < 4.78 is 0.456. The minimum atomic E-state index is -1.11. The minimum absolute atomic E-state index is 0.0547. The number of non-ortho nitro benzene ring substituents is 1. The van der Waals surface area contributed by atoms with Crippen LogP contribution in [0.3, 0.4) is 0 Å². The summed E-state index contributed by atoms with van der Waals surface area (Å²) in [5, 5.41) is 22.6. The quantitative estimate of drug-likeness (QED) is 0.643. The first-order valence-electron chi connectivity index (χ1n) is 5.25. The van der Waals surface area contributed by atoms with Crippen LogP contribution >= 0.6 is 15.9 Å². The van der Waals surface area contributed by atoms with Crippen molar-refractivity contribution in [1.82, 2.24) is 0 Å². The van der Waals surface area contributed by atoms with Crippen LogP contribution in [0, 0.1) is 10.1 Å². The third-order valence-corrected chi connectivity index (χ3v) is 3.41. The van der Waals surface area contributed by atoms with Crippen molar-refractivity contribution in [1.29, 1.82) is 0 Å². The van der Waals surface area contributed by atoms with Crippen LogP contribution in [0.1, 0.15) is 20.3 Å². The highest BCUT2D eigenvalue weighted by Crippen LogP contribution is 2.30. The molecule has 6 nitrogen and oxygen atoms in total. The molecule has 7 heteroatoms. The van der Waals surface area contributed by atoms with Gasteiger partial charge in [-0.05, 0) is 35.3 Å². The van der Waals surface area contributed by atoms with Gasteiger partial charge in [-0.2, -0.15) is 0 Å². The number of carboxylic acid groups (broad SMARTS) is 1. The third kappa shape index (κ3) is 2.98. The van der Waals surface area contributed by atoms with Gasteiger partial charge in [0.05, 0.1) is 4.92 Å². The minimum Gasteiger partial charge on any atom is -0.480 e. The maximum absolute atomic E-state index is 11.2. The van der Waals surface area contributed by atoms with Crippen LogP contribution in [0.15, 0.2) is 22.7 Å². The summed E-state index contributed by atoms with van der Waals surface area (Å²) >= 11 is 3.19. The van der Waals surface area contributed by atoms with Gasteiger partial charge in [0, 0.05) is 22.3 Å². The van der Waals surface area contributed by atoms with Crippen molar-refractivity contribution >= 4 is 33.3 Å². The Kier molecular flexibility index (Phi) is 4.28. The molecule has 0 heterocycles. The number of hydrogen-bond donors (Lipinski definition) is 2. The molecule has 1 unspecified atom stereocenters. The number of aliphatic carboxylic acids is 1. The number of hydrogen-bond acceptors (Lipinski definition) is 4. The van der Waals surface area contributed by atoms with Gasteiger partial charge >= 0.3 is 5.97 Å². The lowest BCUT2D eigenvalue weighted by molar-refractivity contribution is -0.384. The lowest BCUT2D eigenvalue weighted by Gasteiger charge is -2.26. The zero-order chi connectivity index (χ0) is 13.9. The molecule has 1 aromatic rings. The van der Waals surface area contributed by atoms with Gasteiger partial charge in [-0.1, -0.05) is 6.92 Å². The predicted molar refractivity (Wildman–Crippen MR) is 70.8 cm³/mol. The van der Waals surface area contributed by atoms with Crippen molar-refractivity contribution in [2.75, 3.05) is 5.32 Å². The lowest BCUT2D eigenvalue weighted by atomic mass is 9.99. The highest BCUT2D eigenvalue weighted by Gasteiger charge is 2.31. The molecule has 0 aromatic heterocycles. The normalized spacial score (nSPS) is 13.7. The SMILES string of the molecule is CCC(C)(Nc1ccc([N+](=O)[O-])cc1Br)C(=O)O. The zero-order valence-corrected chi connectivity index (χ0v) is 11.5. The fourth-order valence-corrected chi connectivity index (χ4v) is 1.78. The first-order valence-corrected chi connectivity index (χ1v) is 6.05. The fourth-order valence-electron chi connectivity index (χ4n) is 1.31. The first-order chi connectivity index (χ1) is 8.30. The fraction of sp³-hybridized carbons (Fsp3) is 0.364. The Morgan fingerprint density at radius 2 is 2.22 bits per heavy atom. The van der Waals surface area contributed by atoms with Crippen molar-refractivity contribution in [2.24, 2.45) is 0 Å². The molecule has 0 aliphatic heterocycles. The van der Waals surface area contributed by atoms with Crippen molar-refractivity contribution in [3.63, 3.8) is 0 Å². The molecular formula is C11H13BrN2O4. The van der Waals surface area contributed by atoms with Crippen molar-refractivity contribution in [3.05, 3.63) is 32.8 Å². The van der Waals surface area contributed by atoms with Crippen LogP contribution in [0.4, 0.5) is 11.4 Å². The predicted octanol–water partition coefficient (Wildman–Crippen LogP) is 3.02. The number of benzene rings is 1. The molecule has 0 spiro atoms. The van der Waals surface area contributed by atoms with E-state index < -0.39 is 16.4 Å². The highest BCUT2D eigenvalue weighted by atomic mass is 79.9. The van der Waals surface area contributed by atoms with E-state index in [0.717, 1.165) is 0 Å². The molecule has 0 saturated carbocycles. The topological polar surface area (TPSA) is 92.5 Å².